The molecule has 0 saturated carbocycles. The van der Waals surface area contributed by atoms with Gasteiger partial charge in [-0.1, -0.05) is 0 Å². The highest BCUT2D eigenvalue weighted by molar-refractivity contribution is 5.99. The van der Waals surface area contributed by atoms with Crippen LogP contribution in [-0.4, -0.2) is 49.9 Å². The third-order valence-corrected chi connectivity index (χ3v) is 2.41. The van der Waals surface area contributed by atoms with Gasteiger partial charge in [-0.2, -0.15) is 0 Å². The Kier molecular flexibility index (Phi) is 2.93. The molecule has 1 fully saturated rings. The third kappa shape index (κ3) is 2.27. The Labute approximate surface area is 100 Å². The van der Waals surface area contributed by atoms with Gasteiger partial charge < -0.3 is 16.2 Å². The van der Waals surface area contributed by atoms with Crippen molar-refractivity contribution in [3.8, 4) is 0 Å². The predicted molar refractivity (Wildman–Crippen MR) is 55.4 cm³/mol. The lowest BCUT2D eigenvalue weighted by Crippen LogP contribution is -2.67. The third-order valence-electron chi connectivity index (χ3n) is 2.41. The highest BCUT2D eigenvalue weighted by atomic mass is 16.4. The fourth-order valence-corrected chi connectivity index (χ4v) is 1.46. The number of imide groups is 1. The van der Waals surface area contributed by atoms with E-state index in [1.807, 2.05) is 0 Å². The second kappa shape index (κ2) is 4.41. The zero-order chi connectivity index (χ0) is 13.3. The van der Waals surface area contributed by atoms with Crippen molar-refractivity contribution in [1.82, 2.24) is 25.4 Å². The van der Waals surface area contributed by atoms with Crippen molar-refractivity contribution < 1.29 is 19.5 Å². The van der Waals surface area contributed by atoms with Gasteiger partial charge in [0.2, 0.25) is 11.7 Å². The first kappa shape index (κ1) is 12.0. The summed E-state index contributed by atoms with van der Waals surface area (Å²) in [5.74, 6) is -1.43. The summed E-state index contributed by atoms with van der Waals surface area (Å²) in [5.41, 5.74) is 5.52. The van der Waals surface area contributed by atoms with Gasteiger partial charge in [0.05, 0.1) is 12.6 Å². The van der Waals surface area contributed by atoms with Crippen molar-refractivity contribution in [1.29, 1.82) is 0 Å². The summed E-state index contributed by atoms with van der Waals surface area (Å²) in [6.07, 6.45) is -0.224. The summed E-state index contributed by atoms with van der Waals surface area (Å²) in [5, 5.41) is 16.3. The number of hydrogen-bond acceptors (Lipinski definition) is 6. The normalized spacial score (nSPS) is 21.9. The lowest BCUT2D eigenvalue weighted by molar-refractivity contribution is -0.130. The number of aromatic nitrogens is 3. The van der Waals surface area contributed by atoms with Crippen LogP contribution in [-0.2, 0) is 11.3 Å². The summed E-state index contributed by atoms with van der Waals surface area (Å²) in [7, 11) is 0. The molecule has 2 heterocycles. The Bertz CT molecular complexity index is 511. The van der Waals surface area contributed by atoms with Gasteiger partial charge >= 0.3 is 6.09 Å². The number of carbonyl (C=O) groups excluding carboxylic acids is 2. The van der Waals surface area contributed by atoms with Gasteiger partial charge in [-0.15, -0.1) is 5.10 Å². The number of nitrogens with two attached hydrogens (primary N) is 1. The molecule has 1 aromatic rings. The molecule has 0 radical (unpaired) electrons. The molecule has 2 rings (SSSR count). The topological polar surface area (TPSA) is 152 Å². The first-order valence-electron chi connectivity index (χ1n) is 4.97. The molecule has 0 aliphatic carbocycles. The molecule has 0 aromatic carbocycles. The van der Waals surface area contributed by atoms with E-state index in [0.717, 1.165) is 0 Å². The standard InChI is InChI=1S/C8H10N6O4/c9-4-3(11-6(4)15)1-14-2-10-5(13-14)7(16)12-8(17)18/h2-4H,1,9H2,(H,11,15)(H,12,16)(H,17,18)/t3-,4+/m1/s1. The minimum Gasteiger partial charge on any atom is -0.465 e. The number of rotatable bonds is 3. The smallest absolute Gasteiger partial charge is 0.411 e. The molecule has 1 aromatic heterocycles. The number of β-lactam (4-membered cyclic amide) rings is 1. The van der Waals surface area contributed by atoms with Gasteiger partial charge in [0, 0.05) is 0 Å². The molecule has 10 heteroatoms. The van der Waals surface area contributed by atoms with Gasteiger partial charge in [0.25, 0.3) is 5.91 Å². The molecule has 18 heavy (non-hydrogen) atoms. The molecule has 5 N–H and O–H groups in total. The largest absolute Gasteiger partial charge is 0.465 e. The van der Waals surface area contributed by atoms with E-state index in [1.165, 1.54) is 11.0 Å². The van der Waals surface area contributed by atoms with Crippen LogP contribution in [0.5, 0.6) is 0 Å². The van der Waals surface area contributed by atoms with Crippen LogP contribution >= 0.6 is 0 Å². The van der Waals surface area contributed by atoms with Gasteiger partial charge in [0.1, 0.15) is 12.4 Å². The quantitative estimate of drug-likeness (QED) is 0.435. The van der Waals surface area contributed by atoms with Gasteiger partial charge in [-0.25, -0.2) is 14.5 Å². The maximum atomic E-state index is 11.2. The zero-order valence-electron chi connectivity index (χ0n) is 9.03. The lowest BCUT2D eigenvalue weighted by atomic mass is 10.0. The summed E-state index contributed by atoms with van der Waals surface area (Å²) >= 11 is 0. The van der Waals surface area contributed by atoms with Crippen LogP contribution in [0.15, 0.2) is 6.33 Å². The van der Waals surface area contributed by atoms with Gasteiger partial charge in [-0.3, -0.25) is 14.9 Å². The number of hydrogen-bond donors (Lipinski definition) is 4. The second-order valence-electron chi connectivity index (χ2n) is 3.69. The molecule has 1 aliphatic rings. The summed E-state index contributed by atoms with van der Waals surface area (Å²) < 4.78 is 1.31. The molecule has 1 saturated heterocycles. The Morgan fingerprint density at radius 1 is 1.61 bits per heavy atom. The molecule has 0 bridgehead atoms. The van der Waals surface area contributed by atoms with E-state index in [-0.39, 0.29) is 24.3 Å². The number of nitrogens with one attached hydrogen (secondary N) is 2. The number of amides is 3. The van der Waals surface area contributed by atoms with Crippen LogP contribution in [0.1, 0.15) is 10.6 Å². The van der Waals surface area contributed by atoms with E-state index in [1.54, 1.807) is 5.32 Å². The highest BCUT2D eigenvalue weighted by Gasteiger charge is 2.36. The average Bonchev–Trinajstić information content (AvgIpc) is 2.76. The lowest BCUT2D eigenvalue weighted by Gasteiger charge is -2.33. The van der Waals surface area contributed by atoms with Crippen molar-refractivity contribution in [2.45, 2.75) is 18.6 Å². The van der Waals surface area contributed by atoms with Crippen molar-refractivity contribution in [3.05, 3.63) is 12.2 Å². The van der Waals surface area contributed by atoms with E-state index in [2.05, 4.69) is 15.4 Å². The second-order valence-corrected chi connectivity index (χ2v) is 3.69. The molecule has 2 atom stereocenters. The Morgan fingerprint density at radius 3 is 2.89 bits per heavy atom. The van der Waals surface area contributed by atoms with Crippen LogP contribution < -0.4 is 16.4 Å². The fourth-order valence-electron chi connectivity index (χ4n) is 1.46. The van der Waals surface area contributed by atoms with Crippen LogP contribution in [0.25, 0.3) is 0 Å². The van der Waals surface area contributed by atoms with E-state index in [9.17, 15) is 14.4 Å². The van der Waals surface area contributed by atoms with Crippen molar-refractivity contribution in [2.75, 3.05) is 0 Å². The van der Waals surface area contributed by atoms with Crippen LogP contribution in [0.2, 0.25) is 0 Å². The van der Waals surface area contributed by atoms with Crippen LogP contribution in [0, 0.1) is 0 Å². The monoisotopic (exact) mass is 254 g/mol. The van der Waals surface area contributed by atoms with Crippen molar-refractivity contribution >= 4 is 17.9 Å². The summed E-state index contributed by atoms with van der Waals surface area (Å²) in [4.78, 5) is 36.0. The molecule has 3 amide bonds. The molecular weight excluding hydrogens is 244 g/mol. The minimum absolute atomic E-state index is 0.246. The molecule has 0 spiro atoms. The first-order valence-corrected chi connectivity index (χ1v) is 4.97. The molecule has 0 unspecified atom stereocenters. The molecular formula is C8H10N6O4. The highest BCUT2D eigenvalue weighted by Crippen LogP contribution is 2.05. The van der Waals surface area contributed by atoms with E-state index < -0.39 is 18.0 Å². The fraction of sp³-hybridized carbons (Fsp3) is 0.375. The molecule has 1 aliphatic heterocycles. The van der Waals surface area contributed by atoms with Crippen LogP contribution in [0.3, 0.4) is 0 Å². The summed E-state index contributed by atoms with van der Waals surface area (Å²) in [6.45, 7) is 0.264. The zero-order valence-corrected chi connectivity index (χ0v) is 9.03. The van der Waals surface area contributed by atoms with Crippen molar-refractivity contribution in [3.63, 3.8) is 0 Å². The Balaban J connectivity index is 1.96. The Hall–Kier alpha value is -2.49. The van der Waals surface area contributed by atoms with Crippen LogP contribution in [0.4, 0.5) is 4.79 Å². The van der Waals surface area contributed by atoms with E-state index in [0.29, 0.717) is 0 Å². The SMILES string of the molecule is N[C@@H]1C(=O)N[C@@H]1Cn1cnc(C(=O)NC(=O)O)n1. The number of nitrogens with zero attached hydrogens (tertiary/aromatic N) is 3. The van der Waals surface area contributed by atoms with Gasteiger partial charge in [-0.05, 0) is 0 Å². The van der Waals surface area contributed by atoms with E-state index in [4.69, 9.17) is 10.8 Å². The molecule has 10 nitrogen and oxygen atoms in total. The van der Waals surface area contributed by atoms with E-state index >= 15 is 0 Å². The average molecular weight is 254 g/mol. The number of carbonyl (C=O) groups is 3. The number of carboxylic acid groups (broad SMARTS) is 1. The Morgan fingerprint density at radius 2 is 2.33 bits per heavy atom. The minimum atomic E-state index is -1.48. The molecule has 96 valence electrons. The maximum absolute atomic E-state index is 11.2. The predicted octanol–water partition coefficient (Wildman–Crippen LogP) is -2.49. The first-order chi connectivity index (χ1) is 8.47. The maximum Gasteiger partial charge on any atom is 0.411 e. The summed E-state index contributed by atoms with van der Waals surface area (Å²) in [6, 6.07) is -0.875. The van der Waals surface area contributed by atoms with Gasteiger partial charge in [0.15, 0.2) is 0 Å². The van der Waals surface area contributed by atoms with Crippen molar-refractivity contribution in [2.24, 2.45) is 5.73 Å².